The summed E-state index contributed by atoms with van der Waals surface area (Å²) < 4.78 is 10.7. The van der Waals surface area contributed by atoms with Crippen molar-refractivity contribution in [1.29, 1.82) is 0 Å². The monoisotopic (exact) mass is 418 g/mol. The molecule has 0 aliphatic carbocycles. The normalized spacial score (nSPS) is 17.3. The Morgan fingerprint density at radius 3 is 2.90 bits per heavy atom. The van der Waals surface area contributed by atoms with Crippen LogP contribution in [-0.2, 0) is 4.79 Å². The van der Waals surface area contributed by atoms with Gasteiger partial charge in [0.25, 0.3) is 0 Å². The molecule has 2 aromatic rings. The first-order chi connectivity index (χ1) is 14.0. The van der Waals surface area contributed by atoms with Gasteiger partial charge in [-0.3, -0.25) is 4.79 Å². The number of anilines is 1. The number of hydrogen-bond donors (Lipinski definition) is 1. The van der Waals surface area contributed by atoms with Crippen molar-refractivity contribution in [2.24, 2.45) is 5.92 Å². The lowest BCUT2D eigenvalue weighted by molar-refractivity contribution is -0.121. The second kappa shape index (κ2) is 10.0. The maximum Gasteiger partial charge on any atom is 0.230 e. The van der Waals surface area contributed by atoms with E-state index in [1.165, 1.54) is 11.3 Å². The first-order valence-electron chi connectivity index (χ1n) is 9.86. The van der Waals surface area contributed by atoms with E-state index in [1.54, 1.807) is 14.2 Å². The van der Waals surface area contributed by atoms with Gasteiger partial charge in [0, 0.05) is 36.6 Å². The molecule has 1 fully saturated rings. The highest BCUT2D eigenvalue weighted by molar-refractivity contribution is 7.14. The number of aromatic nitrogens is 1. The van der Waals surface area contributed by atoms with E-state index in [0.29, 0.717) is 10.9 Å². The van der Waals surface area contributed by atoms with E-state index in [4.69, 9.17) is 9.47 Å². The lowest BCUT2D eigenvalue weighted by atomic mass is 9.97. The van der Waals surface area contributed by atoms with Crippen LogP contribution in [0.25, 0.3) is 11.3 Å². The molecule has 158 valence electrons. The van der Waals surface area contributed by atoms with E-state index in [-0.39, 0.29) is 11.8 Å². The Morgan fingerprint density at radius 2 is 2.17 bits per heavy atom. The van der Waals surface area contributed by atoms with Crippen molar-refractivity contribution in [2.75, 3.05) is 59.8 Å². The smallest absolute Gasteiger partial charge is 0.230 e. The van der Waals surface area contributed by atoms with Crippen LogP contribution in [0.4, 0.5) is 5.13 Å². The minimum Gasteiger partial charge on any atom is -0.497 e. The summed E-state index contributed by atoms with van der Waals surface area (Å²) in [6, 6.07) is 5.62. The number of methoxy groups -OCH3 is 2. The highest BCUT2D eigenvalue weighted by Crippen LogP contribution is 2.35. The van der Waals surface area contributed by atoms with E-state index < -0.39 is 0 Å². The fraction of sp³-hybridized carbons (Fsp3) is 0.524. The lowest BCUT2D eigenvalue weighted by Gasteiger charge is -2.32. The molecular weight excluding hydrogens is 388 g/mol. The number of likely N-dealkylation sites (N-methyl/N-ethyl adjacent to an activating group) is 1. The van der Waals surface area contributed by atoms with Gasteiger partial charge >= 0.3 is 0 Å². The molecule has 0 saturated carbocycles. The van der Waals surface area contributed by atoms with Crippen LogP contribution in [0.1, 0.15) is 12.8 Å². The number of nitrogens with zero attached hydrogens (tertiary/aromatic N) is 3. The van der Waals surface area contributed by atoms with Crippen LogP contribution in [0.15, 0.2) is 23.6 Å². The molecule has 1 aromatic heterocycles. The van der Waals surface area contributed by atoms with Crippen LogP contribution in [0, 0.1) is 5.92 Å². The molecule has 1 amide bonds. The Labute approximate surface area is 176 Å². The number of amides is 1. The standard InChI is InChI=1S/C21H30N4O3S/c1-24(2)10-11-25-9-5-6-15(13-25)20(26)23-21-22-18(14-29-21)17-8-7-16(27-3)12-19(17)28-4/h7-8,12,14-15H,5-6,9-11,13H2,1-4H3,(H,22,23,26). The molecule has 1 N–H and O–H groups in total. The summed E-state index contributed by atoms with van der Waals surface area (Å²) in [4.78, 5) is 21.9. The highest BCUT2D eigenvalue weighted by atomic mass is 32.1. The predicted octanol–water partition coefficient (Wildman–Crippen LogP) is 3.04. The van der Waals surface area contributed by atoms with Crippen LogP contribution < -0.4 is 14.8 Å². The number of rotatable bonds is 8. The average molecular weight is 419 g/mol. The molecule has 0 bridgehead atoms. The number of carbonyl (C=O) groups excluding carboxylic acids is 1. The molecule has 1 aromatic carbocycles. The fourth-order valence-corrected chi connectivity index (χ4v) is 4.20. The molecule has 8 heteroatoms. The third-order valence-electron chi connectivity index (χ3n) is 5.16. The van der Waals surface area contributed by atoms with E-state index in [9.17, 15) is 4.79 Å². The lowest BCUT2D eigenvalue weighted by Crippen LogP contribution is -2.43. The van der Waals surface area contributed by atoms with Gasteiger partial charge in [-0.15, -0.1) is 11.3 Å². The van der Waals surface area contributed by atoms with Crippen molar-refractivity contribution >= 4 is 22.4 Å². The third-order valence-corrected chi connectivity index (χ3v) is 5.92. The molecule has 1 saturated heterocycles. The number of piperidine rings is 1. The number of nitrogens with one attached hydrogen (secondary N) is 1. The van der Waals surface area contributed by atoms with Crippen molar-refractivity contribution in [3.05, 3.63) is 23.6 Å². The van der Waals surface area contributed by atoms with Crippen LogP contribution in [0.2, 0.25) is 0 Å². The zero-order valence-corrected chi connectivity index (χ0v) is 18.4. The molecule has 29 heavy (non-hydrogen) atoms. The summed E-state index contributed by atoms with van der Waals surface area (Å²) in [6.45, 7) is 3.88. The largest absolute Gasteiger partial charge is 0.497 e. The van der Waals surface area contributed by atoms with E-state index in [2.05, 4.69) is 34.2 Å². The Morgan fingerprint density at radius 1 is 1.34 bits per heavy atom. The van der Waals surface area contributed by atoms with Gasteiger partial charge < -0.3 is 24.6 Å². The average Bonchev–Trinajstić information content (AvgIpc) is 3.20. The van der Waals surface area contributed by atoms with Crippen LogP contribution in [0.3, 0.4) is 0 Å². The fourth-order valence-electron chi connectivity index (χ4n) is 3.49. The van der Waals surface area contributed by atoms with Crippen molar-refractivity contribution in [3.63, 3.8) is 0 Å². The first kappa shape index (κ1) is 21.5. The quantitative estimate of drug-likeness (QED) is 0.711. The SMILES string of the molecule is COc1ccc(-c2csc(NC(=O)C3CCCN(CCN(C)C)C3)n2)c(OC)c1. The molecule has 2 heterocycles. The van der Waals surface area contributed by atoms with E-state index >= 15 is 0 Å². The van der Waals surface area contributed by atoms with Gasteiger partial charge in [-0.25, -0.2) is 4.98 Å². The van der Waals surface area contributed by atoms with Crippen molar-refractivity contribution in [3.8, 4) is 22.8 Å². The van der Waals surface area contributed by atoms with E-state index in [0.717, 1.165) is 56.0 Å². The molecule has 1 atom stereocenters. The topological polar surface area (TPSA) is 66.9 Å². The van der Waals surface area contributed by atoms with Gasteiger partial charge in [0.15, 0.2) is 5.13 Å². The zero-order chi connectivity index (χ0) is 20.8. The van der Waals surface area contributed by atoms with Gasteiger partial charge in [0.2, 0.25) is 5.91 Å². The first-order valence-corrected chi connectivity index (χ1v) is 10.7. The minimum atomic E-state index is 0.00813. The molecule has 3 rings (SSSR count). The number of likely N-dealkylation sites (tertiary alicyclic amines) is 1. The van der Waals surface area contributed by atoms with Crippen molar-refractivity contribution < 1.29 is 14.3 Å². The summed E-state index contributed by atoms with van der Waals surface area (Å²) in [5.74, 6) is 1.48. The molecule has 0 radical (unpaired) electrons. The second-order valence-corrected chi connectivity index (χ2v) is 8.39. The second-order valence-electron chi connectivity index (χ2n) is 7.54. The van der Waals surface area contributed by atoms with E-state index in [1.807, 2.05) is 23.6 Å². The summed E-state index contributed by atoms with van der Waals surface area (Å²) >= 11 is 1.43. The third kappa shape index (κ3) is 5.68. The zero-order valence-electron chi connectivity index (χ0n) is 17.6. The summed E-state index contributed by atoms with van der Waals surface area (Å²) in [6.07, 6.45) is 1.98. The minimum absolute atomic E-state index is 0.00813. The molecule has 1 aliphatic heterocycles. The van der Waals surface area contributed by atoms with Crippen LogP contribution in [0.5, 0.6) is 11.5 Å². The maximum absolute atomic E-state index is 12.8. The number of carbonyl (C=O) groups is 1. The molecule has 1 aliphatic rings. The summed E-state index contributed by atoms with van der Waals surface area (Å²) in [7, 11) is 7.40. The molecule has 0 spiro atoms. The Hall–Kier alpha value is -2.16. The van der Waals surface area contributed by atoms with Gasteiger partial charge in [-0.05, 0) is 45.6 Å². The highest BCUT2D eigenvalue weighted by Gasteiger charge is 2.26. The van der Waals surface area contributed by atoms with Gasteiger partial charge in [-0.2, -0.15) is 0 Å². The number of hydrogen-bond acceptors (Lipinski definition) is 7. The number of thiazole rings is 1. The Bertz CT molecular complexity index is 824. The number of benzene rings is 1. The Kier molecular flexibility index (Phi) is 7.46. The summed E-state index contributed by atoms with van der Waals surface area (Å²) in [5, 5.41) is 5.57. The number of ether oxygens (including phenoxy) is 2. The molecule has 1 unspecified atom stereocenters. The van der Waals surface area contributed by atoms with Gasteiger partial charge in [-0.1, -0.05) is 0 Å². The molecule has 7 nitrogen and oxygen atoms in total. The molecular formula is C21H30N4O3S. The van der Waals surface area contributed by atoms with Crippen LogP contribution in [-0.4, -0.2) is 75.2 Å². The maximum atomic E-state index is 12.8. The Balaban J connectivity index is 1.63. The van der Waals surface area contributed by atoms with Crippen LogP contribution >= 0.6 is 11.3 Å². The van der Waals surface area contributed by atoms with Crippen molar-refractivity contribution in [1.82, 2.24) is 14.8 Å². The van der Waals surface area contributed by atoms with Gasteiger partial charge in [0.1, 0.15) is 11.5 Å². The van der Waals surface area contributed by atoms with Gasteiger partial charge in [0.05, 0.1) is 25.8 Å². The predicted molar refractivity (Wildman–Crippen MR) is 117 cm³/mol. The van der Waals surface area contributed by atoms with Crippen molar-refractivity contribution in [2.45, 2.75) is 12.8 Å². The summed E-state index contributed by atoms with van der Waals surface area (Å²) in [5.41, 5.74) is 1.65.